The molecule has 1 amide bonds. The first-order chi connectivity index (χ1) is 4.57. The van der Waals surface area contributed by atoms with Gasteiger partial charge in [0.25, 0.3) is 0 Å². The summed E-state index contributed by atoms with van der Waals surface area (Å²) in [5.74, 6) is -0.174. The van der Waals surface area contributed by atoms with Gasteiger partial charge in [0.05, 0.1) is 6.42 Å². The minimum absolute atomic E-state index is 0.0295. The molecule has 2 nitrogen and oxygen atoms in total. The van der Waals surface area contributed by atoms with Crippen LogP contribution in [0.3, 0.4) is 0 Å². The molecule has 0 aromatic carbocycles. The Hall–Kier alpha value is -0.120. The summed E-state index contributed by atoms with van der Waals surface area (Å²) in [6.07, 6.45) is -1.09. The third-order valence-electron chi connectivity index (χ3n) is 1.06. The highest BCUT2D eigenvalue weighted by atomic mass is 79.9. The highest BCUT2D eigenvalue weighted by Crippen LogP contribution is 2.03. The number of halogens is 2. The van der Waals surface area contributed by atoms with E-state index in [4.69, 9.17) is 0 Å². The SMILES string of the molecule is CN(C)C(=O)CC(F)CBr. The minimum atomic E-state index is -1.06. The van der Waals surface area contributed by atoms with E-state index in [0.717, 1.165) is 0 Å². The molecule has 0 bridgehead atoms. The number of amides is 1. The zero-order valence-corrected chi connectivity index (χ0v) is 7.69. The first kappa shape index (κ1) is 9.88. The van der Waals surface area contributed by atoms with Crippen molar-refractivity contribution in [3.8, 4) is 0 Å². The van der Waals surface area contributed by atoms with Crippen molar-refractivity contribution in [3.63, 3.8) is 0 Å². The number of hydrogen-bond acceptors (Lipinski definition) is 1. The molecule has 0 heterocycles. The number of carbonyl (C=O) groups is 1. The summed E-state index contributed by atoms with van der Waals surface area (Å²) in [6, 6.07) is 0. The van der Waals surface area contributed by atoms with Crippen LogP contribution < -0.4 is 0 Å². The zero-order chi connectivity index (χ0) is 8.15. The van der Waals surface area contributed by atoms with Gasteiger partial charge in [0, 0.05) is 19.4 Å². The molecule has 4 heteroatoms. The van der Waals surface area contributed by atoms with Gasteiger partial charge in [-0.05, 0) is 0 Å². The molecule has 0 aliphatic heterocycles. The lowest BCUT2D eigenvalue weighted by atomic mass is 10.3. The van der Waals surface area contributed by atoms with E-state index in [2.05, 4.69) is 15.9 Å². The number of rotatable bonds is 3. The smallest absolute Gasteiger partial charge is 0.225 e. The standard InChI is InChI=1S/C6H11BrFNO/c1-9(2)6(10)3-5(8)4-7/h5H,3-4H2,1-2H3. The van der Waals surface area contributed by atoms with Gasteiger partial charge < -0.3 is 4.90 Å². The highest BCUT2D eigenvalue weighted by Gasteiger charge is 2.11. The number of alkyl halides is 2. The molecule has 0 aromatic rings. The van der Waals surface area contributed by atoms with Crippen molar-refractivity contribution < 1.29 is 9.18 Å². The lowest BCUT2D eigenvalue weighted by molar-refractivity contribution is -0.129. The van der Waals surface area contributed by atoms with Gasteiger partial charge in [0.15, 0.2) is 0 Å². The number of carbonyl (C=O) groups excluding carboxylic acids is 1. The van der Waals surface area contributed by atoms with Crippen molar-refractivity contribution in [2.75, 3.05) is 19.4 Å². The minimum Gasteiger partial charge on any atom is -0.349 e. The molecule has 0 aliphatic carbocycles. The van der Waals surface area contributed by atoms with Crippen LogP contribution >= 0.6 is 15.9 Å². The summed E-state index contributed by atoms with van der Waals surface area (Å²) < 4.78 is 12.4. The summed E-state index contributed by atoms with van der Waals surface area (Å²) in [4.78, 5) is 12.2. The lowest BCUT2D eigenvalue weighted by Gasteiger charge is -2.10. The average molecular weight is 212 g/mol. The van der Waals surface area contributed by atoms with Gasteiger partial charge in [-0.1, -0.05) is 15.9 Å². The summed E-state index contributed by atoms with van der Waals surface area (Å²) in [5, 5.41) is 0.229. The molecule has 0 aromatic heterocycles. The normalized spacial score (nSPS) is 12.8. The first-order valence-corrected chi connectivity index (χ1v) is 4.10. The molecule has 1 atom stereocenters. The van der Waals surface area contributed by atoms with Crippen molar-refractivity contribution in [2.45, 2.75) is 12.6 Å². The Balaban J connectivity index is 3.57. The topological polar surface area (TPSA) is 20.3 Å². The molecule has 0 aliphatic rings. The molecule has 0 saturated heterocycles. The van der Waals surface area contributed by atoms with Gasteiger partial charge in [-0.15, -0.1) is 0 Å². The largest absolute Gasteiger partial charge is 0.349 e. The van der Waals surface area contributed by atoms with Gasteiger partial charge in [0.1, 0.15) is 6.17 Å². The van der Waals surface area contributed by atoms with Gasteiger partial charge in [-0.2, -0.15) is 0 Å². The quantitative estimate of drug-likeness (QED) is 0.643. The second kappa shape index (κ2) is 4.66. The van der Waals surface area contributed by atoms with Crippen LogP contribution in [0.4, 0.5) is 4.39 Å². The maximum Gasteiger partial charge on any atom is 0.225 e. The Kier molecular flexibility index (Phi) is 4.60. The van der Waals surface area contributed by atoms with Crippen molar-refractivity contribution >= 4 is 21.8 Å². The van der Waals surface area contributed by atoms with E-state index in [1.807, 2.05) is 0 Å². The van der Waals surface area contributed by atoms with E-state index < -0.39 is 6.17 Å². The van der Waals surface area contributed by atoms with Gasteiger partial charge in [0.2, 0.25) is 5.91 Å². The number of nitrogens with zero attached hydrogens (tertiary/aromatic N) is 1. The van der Waals surface area contributed by atoms with Crippen LogP contribution in [0.1, 0.15) is 6.42 Å². The lowest BCUT2D eigenvalue weighted by Crippen LogP contribution is -2.25. The maximum absolute atomic E-state index is 12.4. The molecule has 0 saturated carbocycles. The molecule has 0 rings (SSSR count). The van der Waals surface area contributed by atoms with Crippen LogP contribution in [0.2, 0.25) is 0 Å². The maximum atomic E-state index is 12.4. The fourth-order valence-electron chi connectivity index (χ4n) is 0.427. The van der Waals surface area contributed by atoms with Crippen LogP contribution in [0, 0.1) is 0 Å². The average Bonchev–Trinajstić information content (AvgIpc) is 1.87. The van der Waals surface area contributed by atoms with Crippen LogP contribution in [0.15, 0.2) is 0 Å². The first-order valence-electron chi connectivity index (χ1n) is 2.98. The fraction of sp³-hybridized carbons (Fsp3) is 0.833. The third kappa shape index (κ3) is 3.82. The fourth-order valence-corrected chi connectivity index (χ4v) is 0.656. The predicted molar refractivity (Wildman–Crippen MR) is 42.0 cm³/mol. The van der Waals surface area contributed by atoms with Crippen LogP contribution in [0.25, 0.3) is 0 Å². The molecule has 0 N–H and O–H groups in total. The second-order valence-corrected chi connectivity index (χ2v) is 2.89. The monoisotopic (exact) mass is 211 g/mol. The molecular formula is C6H11BrFNO. The molecule has 0 spiro atoms. The van der Waals surface area contributed by atoms with E-state index in [1.54, 1.807) is 14.1 Å². The summed E-state index contributed by atoms with van der Waals surface area (Å²) in [7, 11) is 3.23. The Morgan fingerprint density at radius 2 is 2.20 bits per heavy atom. The van der Waals surface area contributed by atoms with Crippen molar-refractivity contribution in [2.24, 2.45) is 0 Å². The zero-order valence-electron chi connectivity index (χ0n) is 6.10. The van der Waals surface area contributed by atoms with Crippen molar-refractivity contribution in [3.05, 3.63) is 0 Å². The van der Waals surface area contributed by atoms with Crippen LogP contribution in [-0.2, 0) is 4.79 Å². The van der Waals surface area contributed by atoms with E-state index in [0.29, 0.717) is 0 Å². The molecular weight excluding hydrogens is 201 g/mol. The molecule has 0 fully saturated rings. The van der Waals surface area contributed by atoms with Crippen molar-refractivity contribution in [1.82, 2.24) is 4.90 Å². The Morgan fingerprint density at radius 3 is 2.50 bits per heavy atom. The third-order valence-corrected chi connectivity index (χ3v) is 1.76. The molecule has 0 radical (unpaired) electrons. The van der Waals surface area contributed by atoms with Crippen LogP contribution in [-0.4, -0.2) is 36.4 Å². The Labute approximate surface area is 68.5 Å². The second-order valence-electron chi connectivity index (χ2n) is 2.24. The van der Waals surface area contributed by atoms with Crippen molar-refractivity contribution in [1.29, 1.82) is 0 Å². The Morgan fingerprint density at radius 1 is 1.70 bits per heavy atom. The summed E-state index contributed by atoms with van der Waals surface area (Å²) >= 11 is 2.95. The molecule has 60 valence electrons. The van der Waals surface area contributed by atoms with E-state index in [-0.39, 0.29) is 17.7 Å². The molecule has 10 heavy (non-hydrogen) atoms. The van der Waals surface area contributed by atoms with E-state index >= 15 is 0 Å². The summed E-state index contributed by atoms with van der Waals surface area (Å²) in [6.45, 7) is 0. The van der Waals surface area contributed by atoms with E-state index in [1.165, 1.54) is 4.90 Å². The predicted octanol–water partition coefficient (Wildman–Crippen LogP) is 1.20. The summed E-state index contributed by atoms with van der Waals surface area (Å²) in [5.41, 5.74) is 0. The molecule has 1 unspecified atom stereocenters. The van der Waals surface area contributed by atoms with Gasteiger partial charge in [-0.3, -0.25) is 4.79 Å². The number of hydrogen-bond donors (Lipinski definition) is 0. The van der Waals surface area contributed by atoms with E-state index in [9.17, 15) is 9.18 Å². The highest BCUT2D eigenvalue weighted by molar-refractivity contribution is 9.09. The Bertz CT molecular complexity index is 118. The van der Waals surface area contributed by atoms with Gasteiger partial charge in [-0.25, -0.2) is 4.39 Å². The van der Waals surface area contributed by atoms with Crippen LogP contribution in [0.5, 0.6) is 0 Å². The van der Waals surface area contributed by atoms with Gasteiger partial charge >= 0.3 is 0 Å².